The summed E-state index contributed by atoms with van der Waals surface area (Å²) in [7, 11) is 0. The molecule has 0 unspecified atom stereocenters. The Labute approximate surface area is 430 Å². The number of imidazole rings is 1. The van der Waals surface area contributed by atoms with Crippen molar-refractivity contribution in [2.75, 3.05) is 0 Å². The predicted molar refractivity (Wildman–Crippen MR) is 278 cm³/mol. The molecule has 7 heteroatoms. The van der Waals surface area contributed by atoms with Crippen LogP contribution in [0.4, 0.5) is 0 Å². The summed E-state index contributed by atoms with van der Waals surface area (Å²) in [6.07, 6.45) is 5.27. The number of benzene rings is 8. The fraction of sp³-hybridized carbons (Fsp3) is 0.115. The molecule has 8 aromatic carbocycles. The second kappa shape index (κ2) is 18.0. The second-order valence-corrected chi connectivity index (χ2v) is 29.2. The molecular formula is C61H50GeN4OPt-2. The Morgan fingerprint density at radius 2 is 1.28 bits per heavy atom. The number of nitrogens with zero attached hydrogens (tertiary/aromatic N) is 4. The van der Waals surface area contributed by atoms with Crippen molar-refractivity contribution in [3.8, 4) is 62.1 Å². The molecule has 0 aliphatic carbocycles. The number of para-hydroxylation sites is 3. The number of fused-ring (bicyclic) bond motifs is 4. The molecule has 0 aliphatic heterocycles. The summed E-state index contributed by atoms with van der Waals surface area (Å²) in [6.45, 7) is 6.54. The first kappa shape index (κ1) is 34.5. The Morgan fingerprint density at radius 1 is 0.618 bits per heavy atom. The van der Waals surface area contributed by atoms with Crippen LogP contribution in [0, 0.1) is 18.5 Å². The largest absolute Gasteiger partial charge is 0.173 e. The average Bonchev–Trinajstić information content (AvgIpc) is 4.09. The summed E-state index contributed by atoms with van der Waals surface area (Å²) < 4.78 is 101. The van der Waals surface area contributed by atoms with Crippen LogP contribution in [0.2, 0.25) is 17.3 Å². The molecule has 0 saturated heterocycles. The van der Waals surface area contributed by atoms with Gasteiger partial charge in [-0.2, -0.15) is 12.1 Å². The van der Waals surface area contributed by atoms with Crippen molar-refractivity contribution in [3.05, 3.63) is 218 Å². The van der Waals surface area contributed by atoms with Gasteiger partial charge in [0.15, 0.2) is 0 Å². The van der Waals surface area contributed by atoms with E-state index < -0.39 is 73.7 Å². The van der Waals surface area contributed by atoms with Crippen molar-refractivity contribution in [1.82, 2.24) is 14.1 Å². The smallest absolute Gasteiger partial charge is 0.0810 e. The van der Waals surface area contributed by atoms with Gasteiger partial charge in [0, 0.05) is 26.8 Å². The molecule has 11 aromatic rings. The molecule has 0 fully saturated rings. The van der Waals surface area contributed by atoms with Crippen molar-refractivity contribution >= 4 is 50.5 Å². The zero-order valence-corrected chi connectivity index (χ0v) is 42.6. The zero-order valence-electron chi connectivity index (χ0n) is 48.2. The standard InChI is InChI=1S/C61H50GeN4O.Pt/c1-61(2,3)46-35-36-63-59(38-46)66-55-34-29-45(42-27-30-47(31-28-42)62(4,5)6)37-54(55)53-33-32-50(40-58(53)66)67-49-22-15-21-48(39-49)64-41-65(57-26-14-13-25-56(57)64)60-51(43-17-9-7-10-18-43)23-16-24-52(60)44-19-11-8-12-20-44;/h7-38H,1-6H3;/q-2;/i7D,8D,9D,10D,11D,12D,17D,18D,19D,20D;. The van der Waals surface area contributed by atoms with Gasteiger partial charge in [0.05, 0.1) is 30.4 Å². The van der Waals surface area contributed by atoms with Crippen LogP contribution >= 0.6 is 0 Å². The summed E-state index contributed by atoms with van der Waals surface area (Å²) in [5.41, 5.74) is 6.80. The molecular weight excluding hydrogens is 1070 g/mol. The fourth-order valence-corrected chi connectivity index (χ4v) is 11.1. The summed E-state index contributed by atoms with van der Waals surface area (Å²) >= 11 is -2.02. The topological polar surface area (TPSA) is 35.9 Å². The van der Waals surface area contributed by atoms with Crippen LogP contribution in [0.5, 0.6) is 11.5 Å². The molecule has 0 saturated carbocycles. The van der Waals surface area contributed by atoms with Crippen molar-refractivity contribution in [3.63, 3.8) is 0 Å². The first-order valence-electron chi connectivity index (χ1n) is 27.1. The first-order chi connectivity index (χ1) is 36.6. The quantitative estimate of drug-likeness (QED) is 0.0820. The van der Waals surface area contributed by atoms with E-state index in [-0.39, 0.29) is 54.4 Å². The van der Waals surface area contributed by atoms with E-state index in [1.807, 2.05) is 60.8 Å². The van der Waals surface area contributed by atoms with Gasteiger partial charge in [-0.15, -0.1) is 12.1 Å². The van der Waals surface area contributed by atoms with Gasteiger partial charge in [-0.1, -0.05) is 124 Å². The molecule has 0 radical (unpaired) electrons. The van der Waals surface area contributed by atoms with Gasteiger partial charge < -0.3 is 4.57 Å². The molecule has 0 aliphatic rings. The molecule has 68 heavy (non-hydrogen) atoms. The maximum atomic E-state index is 9.05. The zero-order chi connectivity index (χ0) is 54.6. The van der Waals surface area contributed by atoms with Gasteiger partial charge in [-0.25, -0.2) is 0 Å². The van der Waals surface area contributed by atoms with Crippen LogP contribution in [0.1, 0.15) is 40.0 Å². The minimum Gasteiger partial charge on any atom is -0.173 e. The number of hydrogen-bond donors (Lipinski definition) is 0. The molecule has 0 atom stereocenters. The van der Waals surface area contributed by atoms with Crippen LogP contribution in [-0.2, 0) is 26.5 Å². The van der Waals surface area contributed by atoms with E-state index in [1.54, 1.807) is 33.4 Å². The van der Waals surface area contributed by atoms with Gasteiger partial charge in [-0.3, -0.25) is 4.57 Å². The van der Waals surface area contributed by atoms with Crippen molar-refractivity contribution in [1.29, 1.82) is 0 Å². The van der Waals surface area contributed by atoms with Crippen LogP contribution in [0.3, 0.4) is 0 Å². The number of hydrogen-bond acceptors (Lipinski definition) is 2. The van der Waals surface area contributed by atoms with Crippen molar-refractivity contribution in [2.24, 2.45) is 0 Å². The van der Waals surface area contributed by atoms with Gasteiger partial charge in [0.1, 0.15) is 0 Å². The Hall–Kier alpha value is -6.79. The van der Waals surface area contributed by atoms with Gasteiger partial charge in [0.25, 0.3) is 6.33 Å². The van der Waals surface area contributed by atoms with E-state index >= 15 is 0 Å². The van der Waals surface area contributed by atoms with Gasteiger partial charge in [-0.05, 0) is 39.4 Å². The summed E-state index contributed by atoms with van der Waals surface area (Å²) in [5, 5.41) is 2.02. The molecule has 0 N–H and O–H groups in total. The summed E-state index contributed by atoms with van der Waals surface area (Å²) in [5.74, 6) is 8.73. The van der Waals surface area contributed by atoms with Gasteiger partial charge >= 0.3 is 172 Å². The number of rotatable bonds is 9. The molecule has 0 amide bonds. The SMILES string of the molecule is [2H]c1c([2H])c([2H])c(-c2cccc(-c3c([2H])c([2H])c([2H])c([2H])c3[2H])c2-[n+]2[c-]n(-c3[c-]c(Oc4[c-]c5c(cc4)c4cc(-c6cc[c]([Ge]([CH3])([CH3])[CH3])cc6)ccc4n5-c4cc(C(C)(C)C)ccn4)ccc3)c3ccccc32)c([2H])c1[2H].[Pt]. The molecule has 11 rings (SSSR count). The third-order valence-corrected chi connectivity index (χ3v) is 16.5. The van der Waals surface area contributed by atoms with Gasteiger partial charge in [0.2, 0.25) is 0 Å². The summed E-state index contributed by atoms with van der Waals surface area (Å²) in [4.78, 5) is 4.91. The van der Waals surface area contributed by atoms with E-state index in [4.69, 9.17) is 23.4 Å². The second-order valence-electron chi connectivity index (χ2n) is 18.6. The number of aromatic nitrogens is 4. The fourth-order valence-electron chi connectivity index (χ4n) is 8.68. The molecule has 3 heterocycles. The number of pyridine rings is 1. The molecule has 0 spiro atoms. The van der Waals surface area contributed by atoms with E-state index in [0.29, 0.717) is 28.2 Å². The molecule has 0 bridgehead atoms. The maximum absolute atomic E-state index is 9.05. The monoisotopic (exact) mass is 1130 g/mol. The average molecular weight is 1130 g/mol. The maximum Gasteiger partial charge on any atom is 0.0810 e. The Morgan fingerprint density at radius 3 is 1.97 bits per heavy atom. The van der Waals surface area contributed by atoms with Crippen LogP contribution in [0.15, 0.2) is 194 Å². The predicted octanol–water partition coefficient (Wildman–Crippen LogP) is 14.4. The van der Waals surface area contributed by atoms with E-state index in [2.05, 4.69) is 110 Å². The van der Waals surface area contributed by atoms with Crippen LogP contribution in [-0.4, -0.2) is 27.4 Å². The third-order valence-electron chi connectivity index (χ3n) is 12.1. The molecule has 336 valence electrons. The van der Waals surface area contributed by atoms with E-state index in [1.165, 1.54) is 4.40 Å². The Kier molecular flexibility index (Phi) is 9.14. The third kappa shape index (κ3) is 8.44. The molecule has 5 nitrogen and oxygen atoms in total. The van der Waals surface area contributed by atoms with E-state index in [0.717, 1.165) is 44.3 Å². The van der Waals surface area contributed by atoms with Crippen molar-refractivity contribution < 1.29 is 44.1 Å². The Balaban J connectivity index is 0.00000688. The normalized spacial score (nSPS) is 13.9. The minimum atomic E-state index is -2.02. The molecule has 3 aromatic heterocycles. The Bertz CT molecular complexity index is 4090. The van der Waals surface area contributed by atoms with E-state index in [9.17, 15) is 0 Å². The first-order valence-corrected chi connectivity index (χ1v) is 29.5. The minimum absolute atomic E-state index is 0. The number of ether oxygens (including phenoxy) is 1. The summed E-state index contributed by atoms with van der Waals surface area (Å²) in [6, 6.07) is 42.9. The van der Waals surface area contributed by atoms with Crippen LogP contribution in [0.25, 0.3) is 83.4 Å². The van der Waals surface area contributed by atoms with Crippen LogP contribution < -0.4 is 13.7 Å². The van der Waals surface area contributed by atoms with Crippen molar-refractivity contribution in [2.45, 2.75) is 43.5 Å².